The number of ether oxygens (including phenoxy) is 1. The average molecular weight is 385 g/mol. The Balaban J connectivity index is 1.47. The number of para-hydroxylation sites is 1. The summed E-state index contributed by atoms with van der Waals surface area (Å²) in [6.07, 6.45) is 3.48. The average Bonchev–Trinajstić information content (AvgIpc) is 3.38. The maximum Gasteiger partial charge on any atom is 0.340 e. The maximum atomic E-state index is 12.7. The van der Waals surface area contributed by atoms with Crippen LogP contribution in [0.25, 0.3) is 0 Å². The molecule has 0 spiro atoms. The van der Waals surface area contributed by atoms with E-state index in [0.29, 0.717) is 36.4 Å². The molecule has 2 aliphatic rings. The predicted octanol–water partition coefficient (Wildman–Crippen LogP) is 3.87. The third-order valence-corrected chi connectivity index (χ3v) is 6.23. The molecule has 2 aromatic rings. The van der Waals surface area contributed by atoms with Crippen molar-refractivity contribution in [3.8, 4) is 0 Å². The van der Waals surface area contributed by atoms with Gasteiger partial charge in [-0.3, -0.25) is 9.69 Å². The van der Waals surface area contributed by atoms with Gasteiger partial charge in [0.15, 0.2) is 0 Å². The van der Waals surface area contributed by atoms with Crippen molar-refractivity contribution in [2.24, 2.45) is 5.92 Å². The minimum absolute atomic E-state index is 0.0870. The van der Waals surface area contributed by atoms with Gasteiger partial charge in [-0.05, 0) is 61.2 Å². The summed E-state index contributed by atoms with van der Waals surface area (Å²) in [5.74, 6) is 0.166. The number of nitrogens with zero attached hydrogens (tertiary/aromatic N) is 1. The molecule has 0 radical (unpaired) electrons. The van der Waals surface area contributed by atoms with E-state index in [1.165, 1.54) is 23.3 Å². The van der Waals surface area contributed by atoms with Gasteiger partial charge in [0.25, 0.3) is 0 Å². The number of carbonyl (C=O) groups is 2. The number of carbonyl (C=O) groups excluding carboxylic acids is 2. The van der Waals surface area contributed by atoms with E-state index in [1.54, 1.807) is 25.1 Å². The molecule has 0 unspecified atom stereocenters. The number of esters is 1. The number of thiophene rings is 1. The lowest BCUT2D eigenvalue weighted by atomic mass is 9.96. The van der Waals surface area contributed by atoms with Crippen molar-refractivity contribution in [3.63, 3.8) is 0 Å². The zero-order valence-corrected chi connectivity index (χ0v) is 16.3. The summed E-state index contributed by atoms with van der Waals surface area (Å²) in [5.41, 5.74) is 2.32. The number of amides is 1. The van der Waals surface area contributed by atoms with Crippen LogP contribution in [0, 0.1) is 5.92 Å². The van der Waals surface area contributed by atoms with Crippen LogP contribution in [-0.4, -0.2) is 36.5 Å². The monoisotopic (exact) mass is 384 g/mol. The number of rotatable bonds is 6. The highest BCUT2D eigenvalue weighted by atomic mass is 32.1. The number of anilines is 1. The van der Waals surface area contributed by atoms with E-state index in [-0.39, 0.29) is 5.91 Å². The Morgan fingerprint density at radius 3 is 2.85 bits per heavy atom. The molecule has 0 saturated heterocycles. The van der Waals surface area contributed by atoms with Crippen LogP contribution in [0.15, 0.2) is 35.7 Å². The second-order valence-corrected chi connectivity index (χ2v) is 8.12. The smallest absolute Gasteiger partial charge is 0.340 e. The Hall–Kier alpha value is -2.18. The van der Waals surface area contributed by atoms with E-state index in [4.69, 9.17) is 4.74 Å². The predicted molar refractivity (Wildman–Crippen MR) is 106 cm³/mol. The molecular weight excluding hydrogens is 360 g/mol. The lowest BCUT2D eigenvalue weighted by molar-refractivity contribution is -0.118. The number of hydrogen-bond donors (Lipinski definition) is 1. The summed E-state index contributed by atoms with van der Waals surface area (Å²) in [4.78, 5) is 28.6. The molecule has 1 aromatic carbocycles. The van der Waals surface area contributed by atoms with Crippen LogP contribution in [0.5, 0.6) is 0 Å². The van der Waals surface area contributed by atoms with Crippen LogP contribution in [-0.2, 0) is 16.0 Å². The molecule has 1 aliphatic carbocycles. The second kappa shape index (κ2) is 7.82. The molecule has 5 nitrogen and oxygen atoms in total. The normalized spacial score (nSPS) is 19.4. The Morgan fingerprint density at radius 2 is 2.07 bits per heavy atom. The highest BCUT2D eigenvalue weighted by molar-refractivity contribution is 7.10. The van der Waals surface area contributed by atoms with E-state index in [1.807, 2.05) is 17.4 Å². The molecule has 1 fully saturated rings. The quantitative estimate of drug-likeness (QED) is 0.768. The largest absolute Gasteiger partial charge is 0.462 e. The molecule has 1 saturated carbocycles. The molecule has 1 aliphatic heterocycles. The number of fused-ring (bicyclic) bond motifs is 1. The van der Waals surface area contributed by atoms with Crippen LogP contribution >= 0.6 is 11.3 Å². The van der Waals surface area contributed by atoms with Gasteiger partial charge in [0.1, 0.15) is 0 Å². The summed E-state index contributed by atoms with van der Waals surface area (Å²) >= 11 is 1.83. The molecule has 6 heteroatoms. The lowest BCUT2D eigenvalue weighted by Crippen LogP contribution is -2.41. The Labute approximate surface area is 163 Å². The first-order valence-corrected chi connectivity index (χ1v) is 10.4. The van der Waals surface area contributed by atoms with E-state index in [0.717, 1.165) is 13.0 Å². The zero-order chi connectivity index (χ0) is 18.8. The fourth-order valence-electron chi connectivity index (χ4n) is 3.89. The highest BCUT2D eigenvalue weighted by Crippen LogP contribution is 2.48. The van der Waals surface area contributed by atoms with Crippen LogP contribution in [0.2, 0.25) is 0 Å². The Kier molecular flexibility index (Phi) is 5.27. The van der Waals surface area contributed by atoms with E-state index in [9.17, 15) is 9.59 Å². The molecule has 27 heavy (non-hydrogen) atoms. The summed E-state index contributed by atoms with van der Waals surface area (Å²) in [5, 5.41) is 5.08. The van der Waals surface area contributed by atoms with E-state index in [2.05, 4.69) is 21.7 Å². The molecule has 142 valence electrons. The fraction of sp³-hybridized carbons (Fsp3) is 0.429. The van der Waals surface area contributed by atoms with Gasteiger partial charge in [0.05, 0.1) is 24.4 Å². The van der Waals surface area contributed by atoms with Gasteiger partial charge < -0.3 is 10.1 Å². The first-order chi connectivity index (χ1) is 13.2. The van der Waals surface area contributed by atoms with Gasteiger partial charge in [-0.2, -0.15) is 0 Å². The van der Waals surface area contributed by atoms with Gasteiger partial charge in [0.2, 0.25) is 5.91 Å². The zero-order valence-electron chi connectivity index (χ0n) is 15.4. The second-order valence-electron chi connectivity index (χ2n) is 7.12. The third-order valence-electron chi connectivity index (χ3n) is 5.23. The van der Waals surface area contributed by atoms with Crippen LogP contribution in [0.1, 0.15) is 46.6 Å². The summed E-state index contributed by atoms with van der Waals surface area (Å²) in [7, 11) is 0. The first kappa shape index (κ1) is 18.2. The number of nitrogens with one attached hydrogen (secondary N) is 1. The van der Waals surface area contributed by atoms with Crippen LogP contribution in [0.3, 0.4) is 0 Å². The number of benzene rings is 1. The SMILES string of the molecule is CCOC(=O)c1ccccc1NC(=O)CN1CCc2sccc2[C@H]1C1CC1. The highest BCUT2D eigenvalue weighted by Gasteiger charge is 2.40. The number of hydrogen-bond acceptors (Lipinski definition) is 5. The van der Waals surface area contributed by atoms with Crippen LogP contribution < -0.4 is 5.32 Å². The van der Waals surface area contributed by atoms with Crippen molar-refractivity contribution < 1.29 is 14.3 Å². The minimum Gasteiger partial charge on any atom is -0.462 e. The molecular formula is C21H24N2O3S. The van der Waals surface area contributed by atoms with Gasteiger partial charge in [-0.15, -0.1) is 11.3 Å². The minimum atomic E-state index is -0.412. The van der Waals surface area contributed by atoms with Gasteiger partial charge >= 0.3 is 5.97 Å². The summed E-state index contributed by atoms with van der Waals surface area (Å²) in [6, 6.07) is 9.58. The summed E-state index contributed by atoms with van der Waals surface area (Å²) < 4.78 is 5.09. The van der Waals surface area contributed by atoms with Crippen molar-refractivity contribution in [1.82, 2.24) is 4.90 Å². The maximum absolute atomic E-state index is 12.7. The van der Waals surface area contributed by atoms with Crippen LogP contribution in [0.4, 0.5) is 5.69 Å². The molecule has 0 bridgehead atoms. The topological polar surface area (TPSA) is 58.6 Å². The Bertz CT molecular complexity index is 843. The molecule has 1 amide bonds. The molecule has 4 rings (SSSR count). The molecule has 1 N–H and O–H groups in total. The van der Waals surface area contributed by atoms with Crippen molar-refractivity contribution in [2.45, 2.75) is 32.2 Å². The van der Waals surface area contributed by atoms with E-state index < -0.39 is 5.97 Å². The van der Waals surface area contributed by atoms with Crippen molar-refractivity contribution >= 4 is 28.9 Å². The van der Waals surface area contributed by atoms with Gasteiger partial charge in [0, 0.05) is 17.5 Å². The van der Waals surface area contributed by atoms with E-state index >= 15 is 0 Å². The van der Waals surface area contributed by atoms with Crippen molar-refractivity contribution in [2.75, 3.05) is 25.0 Å². The Morgan fingerprint density at radius 1 is 1.26 bits per heavy atom. The molecule has 1 atom stereocenters. The lowest BCUT2D eigenvalue weighted by Gasteiger charge is -2.35. The molecule has 1 aromatic heterocycles. The fourth-order valence-corrected chi connectivity index (χ4v) is 4.81. The first-order valence-electron chi connectivity index (χ1n) is 9.53. The summed E-state index contributed by atoms with van der Waals surface area (Å²) in [6.45, 7) is 3.32. The third kappa shape index (κ3) is 3.92. The van der Waals surface area contributed by atoms with Crippen molar-refractivity contribution in [3.05, 3.63) is 51.7 Å². The van der Waals surface area contributed by atoms with Crippen molar-refractivity contribution in [1.29, 1.82) is 0 Å². The van der Waals surface area contributed by atoms with Gasteiger partial charge in [-0.1, -0.05) is 12.1 Å². The van der Waals surface area contributed by atoms with Gasteiger partial charge in [-0.25, -0.2) is 4.79 Å². The standard InChI is InChI=1S/C21H24N2O3S/c1-2-26-21(25)15-5-3-4-6-17(15)22-19(24)13-23-11-9-18-16(10-12-27-18)20(23)14-7-8-14/h3-6,10,12,14,20H,2,7-9,11,13H2,1H3,(H,22,24)/t20-/m1/s1. The molecule has 2 heterocycles.